The lowest BCUT2D eigenvalue weighted by molar-refractivity contribution is -0.122. The highest BCUT2D eigenvalue weighted by molar-refractivity contribution is 6.33. The Morgan fingerprint density at radius 3 is 2.41 bits per heavy atom. The fourth-order valence-corrected chi connectivity index (χ4v) is 3.73. The molecule has 1 aliphatic rings. The molecule has 2 aromatic carbocycles. The van der Waals surface area contributed by atoms with Crippen molar-refractivity contribution in [1.82, 2.24) is 10.2 Å². The maximum absolute atomic E-state index is 12.4. The second kappa shape index (κ2) is 9.77. The van der Waals surface area contributed by atoms with E-state index in [9.17, 15) is 4.79 Å². The van der Waals surface area contributed by atoms with E-state index in [1.54, 1.807) is 0 Å². The van der Waals surface area contributed by atoms with Gasteiger partial charge in [-0.25, -0.2) is 0 Å². The molecule has 1 amide bonds. The summed E-state index contributed by atoms with van der Waals surface area (Å²) in [5.41, 5.74) is 2.40. The first kappa shape index (κ1) is 19.7. The third-order valence-corrected chi connectivity index (χ3v) is 5.37. The van der Waals surface area contributed by atoms with E-state index in [0.717, 1.165) is 49.7 Å². The van der Waals surface area contributed by atoms with Gasteiger partial charge in [0.2, 0.25) is 5.91 Å². The number of halogens is 1. The zero-order valence-electron chi connectivity index (χ0n) is 15.9. The van der Waals surface area contributed by atoms with Crippen molar-refractivity contribution >= 4 is 23.2 Å². The van der Waals surface area contributed by atoms with Gasteiger partial charge in [0.05, 0.1) is 17.3 Å². The molecule has 1 aliphatic heterocycles. The second-order valence-corrected chi connectivity index (χ2v) is 7.61. The summed E-state index contributed by atoms with van der Waals surface area (Å²) in [7, 11) is 0. The van der Waals surface area contributed by atoms with Crippen LogP contribution < -0.4 is 10.2 Å². The summed E-state index contributed by atoms with van der Waals surface area (Å²) in [6, 6.07) is 18.5. The van der Waals surface area contributed by atoms with E-state index in [4.69, 9.17) is 11.6 Å². The number of hydrogen-bond donors (Lipinski definition) is 1. The molecule has 1 fully saturated rings. The minimum Gasteiger partial charge on any atom is -0.368 e. The molecule has 1 saturated heterocycles. The number of para-hydroxylation sites is 1. The van der Waals surface area contributed by atoms with E-state index in [-0.39, 0.29) is 11.9 Å². The third kappa shape index (κ3) is 5.98. The SMILES string of the molecule is C[C@H](CCc1ccccc1)NC(=O)CN1CCN(c2ccccc2Cl)CC1. The molecule has 0 aliphatic carbocycles. The highest BCUT2D eigenvalue weighted by Crippen LogP contribution is 2.25. The molecule has 0 bridgehead atoms. The lowest BCUT2D eigenvalue weighted by atomic mass is 10.1. The van der Waals surface area contributed by atoms with Gasteiger partial charge in [-0.05, 0) is 37.5 Å². The van der Waals surface area contributed by atoms with Crippen molar-refractivity contribution < 1.29 is 4.79 Å². The van der Waals surface area contributed by atoms with Gasteiger partial charge in [-0.3, -0.25) is 9.69 Å². The molecule has 0 unspecified atom stereocenters. The highest BCUT2D eigenvalue weighted by atomic mass is 35.5. The summed E-state index contributed by atoms with van der Waals surface area (Å²) >= 11 is 6.29. The summed E-state index contributed by atoms with van der Waals surface area (Å²) in [4.78, 5) is 16.9. The van der Waals surface area contributed by atoms with Crippen molar-refractivity contribution in [2.24, 2.45) is 0 Å². The number of aryl methyl sites for hydroxylation is 1. The minimum absolute atomic E-state index is 0.113. The van der Waals surface area contributed by atoms with Gasteiger partial charge in [0.25, 0.3) is 0 Å². The molecule has 2 aromatic rings. The van der Waals surface area contributed by atoms with Crippen molar-refractivity contribution in [2.45, 2.75) is 25.8 Å². The van der Waals surface area contributed by atoms with Gasteiger partial charge in [0.15, 0.2) is 0 Å². The van der Waals surface area contributed by atoms with Crippen LogP contribution in [0.25, 0.3) is 0 Å². The maximum atomic E-state index is 12.4. The first-order valence-electron chi connectivity index (χ1n) is 9.67. The van der Waals surface area contributed by atoms with E-state index in [2.05, 4.69) is 52.4 Å². The molecule has 5 heteroatoms. The molecule has 0 saturated carbocycles. The zero-order chi connectivity index (χ0) is 19.1. The van der Waals surface area contributed by atoms with E-state index in [0.29, 0.717) is 6.54 Å². The fraction of sp³-hybridized carbons (Fsp3) is 0.409. The molecular weight excluding hydrogens is 358 g/mol. The number of nitrogens with one attached hydrogen (secondary N) is 1. The van der Waals surface area contributed by atoms with Crippen LogP contribution >= 0.6 is 11.6 Å². The summed E-state index contributed by atoms with van der Waals surface area (Å²) < 4.78 is 0. The van der Waals surface area contributed by atoms with Gasteiger partial charge in [0.1, 0.15) is 0 Å². The molecule has 0 radical (unpaired) electrons. The number of carbonyl (C=O) groups excluding carboxylic acids is 1. The van der Waals surface area contributed by atoms with Crippen LogP contribution in [0.5, 0.6) is 0 Å². The Hall–Kier alpha value is -2.04. The van der Waals surface area contributed by atoms with E-state index >= 15 is 0 Å². The monoisotopic (exact) mass is 385 g/mol. The van der Waals surface area contributed by atoms with E-state index in [1.807, 2.05) is 24.3 Å². The molecule has 27 heavy (non-hydrogen) atoms. The number of benzene rings is 2. The molecule has 144 valence electrons. The number of piperazine rings is 1. The predicted octanol–water partition coefficient (Wildman–Crippen LogP) is 3.60. The molecular formula is C22H28ClN3O. The van der Waals surface area contributed by atoms with E-state index < -0.39 is 0 Å². The van der Waals surface area contributed by atoms with Crippen LogP contribution in [0.1, 0.15) is 18.9 Å². The average Bonchev–Trinajstić information content (AvgIpc) is 2.68. The number of rotatable bonds is 7. The number of nitrogens with zero attached hydrogens (tertiary/aromatic N) is 2. The molecule has 0 aromatic heterocycles. The van der Waals surface area contributed by atoms with Crippen LogP contribution in [0, 0.1) is 0 Å². The highest BCUT2D eigenvalue weighted by Gasteiger charge is 2.20. The smallest absolute Gasteiger partial charge is 0.234 e. The molecule has 1 heterocycles. The van der Waals surface area contributed by atoms with Gasteiger partial charge < -0.3 is 10.2 Å². The predicted molar refractivity (Wildman–Crippen MR) is 112 cm³/mol. The Kier molecular flexibility index (Phi) is 7.13. The summed E-state index contributed by atoms with van der Waals surface area (Å²) in [6.45, 7) is 6.07. The van der Waals surface area contributed by atoms with Crippen molar-refractivity contribution in [2.75, 3.05) is 37.6 Å². The largest absolute Gasteiger partial charge is 0.368 e. The van der Waals surface area contributed by atoms with Gasteiger partial charge in [-0.2, -0.15) is 0 Å². The quantitative estimate of drug-likeness (QED) is 0.791. The molecule has 1 N–H and O–H groups in total. The van der Waals surface area contributed by atoms with Crippen molar-refractivity contribution in [3.05, 3.63) is 65.2 Å². The van der Waals surface area contributed by atoms with Crippen molar-refractivity contribution in [1.29, 1.82) is 0 Å². The van der Waals surface area contributed by atoms with Crippen LogP contribution in [0.3, 0.4) is 0 Å². The fourth-order valence-electron chi connectivity index (χ4n) is 3.48. The lowest BCUT2D eigenvalue weighted by Crippen LogP contribution is -2.50. The van der Waals surface area contributed by atoms with Crippen LogP contribution in [0.4, 0.5) is 5.69 Å². The maximum Gasteiger partial charge on any atom is 0.234 e. The second-order valence-electron chi connectivity index (χ2n) is 7.21. The standard InChI is InChI=1S/C22H28ClN3O/c1-18(11-12-19-7-3-2-4-8-19)24-22(27)17-25-13-15-26(16-14-25)21-10-6-5-9-20(21)23/h2-10,18H,11-17H2,1H3,(H,24,27)/t18-/m1/s1. The van der Waals surface area contributed by atoms with Gasteiger partial charge in [0, 0.05) is 32.2 Å². The Morgan fingerprint density at radius 2 is 1.70 bits per heavy atom. The van der Waals surface area contributed by atoms with Crippen LogP contribution in [-0.2, 0) is 11.2 Å². The van der Waals surface area contributed by atoms with Gasteiger partial charge in [-0.15, -0.1) is 0 Å². The summed E-state index contributed by atoms with van der Waals surface area (Å²) in [5, 5.41) is 3.92. The summed E-state index contributed by atoms with van der Waals surface area (Å²) in [6.07, 6.45) is 1.94. The Labute approximate surface area is 167 Å². The van der Waals surface area contributed by atoms with Crippen molar-refractivity contribution in [3.63, 3.8) is 0 Å². The first-order valence-corrected chi connectivity index (χ1v) is 10.0. The molecule has 4 nitrogen and oxygen atoms in total. The van der Waals surface area contributed by atoms with Crippen LogP contribution in [0.15, 0.2) is 54.6 Å². The number of carbonyl (C=O) groups is 1. The Balaban J connectivity index is 1.38. The Morgan fingerprint density at radius 1 is 1.04 bits per heavy atom. The minimum atomic E-state index is 0.113. The number of hydrogen-bond acceptors (Lipinski definition) is 3. The topological polar surface area (TPSA) is 35.6 Å². The normalized spacial score (nSPS) is 16.1. The molecule has 1 atom stereocenters. The molecule has 0 spiro atoms. The van der Waals surface area contributed by atoms with Crippen molar-refractivity contribution in [3.8, 4) is 0 Å². The average molecular weight is 386 g/mol. The van der Waals surface area contributed by atoms with Crippen LogP contribution in [-0.4, -0.2) is 49.6 Å². The first-order chi connectivity index (χ1) is 13.1. The number of anilines is 1. The lowest BCUT2D eigenvalue weighted by Gasteiger charge is -2.36. The zero-order valence-corrected chi connectivity index (χ0v) is 16.7. The Bertz CT molecular complexity index is 729. The summed E-state index contributed by atoms with van der Waals surface area (Å²) in [5.74, 6) is 0.113. The third-order valence-electron chi connectivity index (χ3n) is 5.05. The van der Waals surface area contributed by atoms with Gasteiger partial charge >= 0.3 is 0 Å². The van der Waals surface area contributed by atoms with Crippen LogP contribution in [0.2, 0.25) is 5.02 Å². The van der Waals surface area contributed by atoms with E-state index in [1.165, 1.54) is 5.56 Å². The van der Waals surface area contributed by atoms with Gasteiger partial charge in [-0.1, -0.05) is 54.1 Å². The molecule has 3 rings (SSSR count). The number of amides is 1.